The third kappa shape index (κ3) is 5.25. The molecule has 1 nitrogen and oxygen atoms in total. The van der Waals surface area contributed by atoms with Gasteiger partial charge in [0.05, 0.1) is 11.6 Å². The summed E-state index contributed by atoms with van der Waals surface area (Å²) in [6.07, 6.45) is 8.46. The van der Waals surface area contributed by atoms with E-state index >= 15 is 0 Å². The van der Waals surface area contributed by atoms with E-state index in [2.05, 4.69) is 30.9 Å². The van der Waals surface area contributed by atoms with E-state index < -0.39 is 0 Å². The molecule has 0 saturated carbocycles. The second kappa shape index (κ2) is 8.50. The van der Waals surface area contributed by atoms with E-state index in [0.29, 0.717) is 5.56 Å². The van der Waals surface area contributed by atoms with Gasteiger partial charge in [-0.25, -0.2) is 0 Å². The van der Waals surface area contributed by atoms with Crippen molar-refractivity contribution in [2.24, 2.45) is 5.92 Å². The van der Waals surface area contributed by atoms with Crippen molar-refractivity contribution in [2.75, 3.05) is 0 Å². The summed E-state index contributed by atoms with van der Waals surface area (Å²) in [5.41, 5.74) is 1.65. The molecule has 1 aliphatic heterocycles. The van der Waals surface area contributed by atoms with E-state index in [-0.39, 0.29) is 8.80 Å². The van der Waals surface area contributed by atoms with Crippen LogP contribution in [0.4, 0.5) is 0 Å². The first-order chi connectivity index (χ1) is 10.3. The lowest BCUT2D eigenvalue weighted by molar-refractivity contribution is 0.572. The molecule has 1 aliphatic rings. The molecule has 1 aromatic rings. The Morgan fingerprint density at radius 1 is 1.19 bits per heavy atom. The van der Waals surface area contributed by atoms with Crippen molar-refractivity contribution in [1.29, 1.82) is 5.26 Å². The van der Waals surface area contributed by atoms with Gasteiger partial charge in [0.15, 0.2) is 0 Å². The third-order valence-corrected chi connectivity index (χ3v) is 7.96. The second-order valence-corrected chi connectivity index (χ2v) is 9.35. The highest BCUT2D eigenvalue weighted by Crippen LogP contribution is 2.28. The minimum absolute atomic E-state index is 0.359. The normalized spacial score (nSPS) is 21.5. The Morgan fingerprint density at radius 3 is 2.48 bits per heavy atom. The van der Waals surface area contributed by atoms with Crippen molar-refractivity contribution in [3.05, 3.63) is 47.5 Å². The van der Waals surface area contributed by atoms with Gasteiger partial charge in [0.2, 0.25) is 0 Å². The van der Waals surface area contributed by atoms with Gasteiger partial charge in [0, 0.05) is 14.4 Å². The number of rotatable bonds is 3. The Kier molecular flexibility index (Phi) is 6.32. The fourth-order valence-corrected chi connectivity index (χ4v) is 6.50. The summed E-state index contributed by atoms with van der Waals surface area (Å²) in [7, 11) is -0.359. The van der Waals surface area contributed by atoms with Crippen molar-refractivity contribution in [3.63, 3.8) is 0 Å². The van der Waals surface area contributed by atoms with Crippen LogP contribution in [0.1, 0.15) is 37.3 Å². The predicted octanol–water partition coefficient (Wildman–Crippen LogP) is 4.51. The lowest BCUT2D eigenvalue weighted by Crippen LogP contribution is -2.19. The highest BCUT2D eigenvalue weighted by molar-refractivity contribution is 6.58. The van der Waals surface area contributed by atoms with Crippen LogP contribution in [0, 0.1) is 29.1 Å². The Labute approximate surface area is 130 Å². The molecule has 2 heteroatoms. The Hall–Kier alpha value is -1.77. The molecule has 0 radical (unpaired) electrons. The van der Waals surface area contributed by atoms with Crippen LogP contribution < -0.4 is 0 Å². The first-order valence-electron chi connectivity index (χ1n) is 8.00. The molecule has 0 bridgehead atoms. The maximum Gasteiger partial charge on any atom is 0.0991 e. The highest BCUT2D eigenvalue weighted by atomic mass is 28.3. The molecule has 1 heterocycles. The fraction of sp³-hybridized carbons (Fsp3) is 0.421. The van der Waals surface area contributed by atoms with Gasteiger partial charge in [-0.05, 0) is 49.1 Å². The molecule has 0 unspecified atom stereocenters. The van der Waals surface area contributed by atoms with Crippen LogP contribution in [-0.4, -0.2) is 8.80 Å². The molecule has 0 aromatic heterocycles. The average molecular weight is 293 g/mol. The van der Waals surface area contributed by atoms with Crippen LogP contribution in [0.15, 0.2) is 36.4 Å². The number of nitriles is 1. The zero-order valence-electron chi connectivity index (χ0n) is 12.8. The summed E-state index contributed by atoms with van der Waals surface area (Å²) in [6, 6.07) is 14.1. The van der Waals surface area contributed by atoms with E-state index in [1.165, 1.54) is 37.4 Å². The van der Waals surface area contributed by atoms with Crippen molar-refractivity contribution in [3.8, 4) is 17.9 Å². The molecule has 2 rings (SSSR count). The fourth-order valence-electron chi connectivity index (χ4n) is 3.01. The summed E-state index contributed by atoms with van der Waals surface area (Å²) in [5.74, 6) is 7.00. The quantitative estimate of drug-likeness (QED) is 0.594. The summed E-state index contributed by atoms with van der Waals surface area (Å²) in [5, 5.41) is 8.74. The smallest absolute Gasteiger partial charge is 0.0991 e. The number of hydrogen-bond donors (Lipinski definition) is 0. The van der Waals surface area contributed by atoms with Gasteiger partial charge in [0.25, 0.3) is 0 Å². The summed E-state index contributed by atoms with van der Waals surface area (Å²) < 4.78 is 0. The zero-order chi connectivity index (χ0) is 14.9. The standard InChI is InChI=1S/C19H23NSi/c1-2-13-21-14-11-18(12-15-21)6-4-3-5-17-7-9-19(16-20)10-8-17/h4,6-10,18,21H,2,11-15H2,1H3/t18-,21-. The molecule has 21 heavy (non-hydrogen) atoms. The number of hydrogen-bond acceptors (Lipinski definition) is 1. The van der Waals surface area contributed by atoms with Gasteiger partial charge in [-0.3, -0.25) is 0 Å². The Bertz CT molecular complexity index is 560. The average Bonchev–Trinajstić information content (AvgIpc) is 2.54. The maximum absolute atomic E-state index is 8.74. The molecular formula is C19H23NSi. The zero-order valence-corrected chi connectivity index (χ0v) is 14.0. The van der Waals surface area contributed by atoms with Crippen LogP contribution in [0.3, 0.4) is 0 Å². The minimum atomic E-state index is -0.359. The van der Waals surface area contributed by atoms with Gasteiger partial charge in [-0.2, -0.15) is 5.26 Å². The summed E-state index contributed by atoms with van der Waals surface area (Å²) in [4.78, 5) is 0. The highest BCUT2D eigenvalue weighted by Gasteiger charge is 2.19. The van der Waals surface area contributed by atoms with Crippen molar-refractivity contribution in [2.45, 2.75) is 44.3 Å². The van der Waals surface area contributed by atoms with E-state index in [1.807, 2.05) is 30.3 Å². The topological polar surface area (TPSA) is 23.8 Å². The molecule has 108 valence electrons. The van der Waals surface area contributed by atoms with Gasteiger partial charge in [-0.15, -0.1) is 0 Å². The van der Waals surface area contributed by atoms with Gasteiger partial charge in [-0.1, -0.05) is 49.4 Å². The van der Waals surface area contributed by atoms with E-state index in [4.69, 9.17) is 5.26 Å². The van der Waals surface area contributed by atoms with Crippen LogP contribution in [0.2, 0.25) is 18.1 Å². The predicted molar refractivity (Wildman–Crippen MR) is 91.8 cm³/mol. The molecule has 0 aliphatic carbocycles. The SMILES string of the molecule is CCC[Si@H]1CC[C@H](C=CC#Cc2ccc(C#N)cc2)CC1. The summed E-state index contributed by atoms with van der Waals surface area (Å²) in [6.45, 7) is 2.32. The first-order valence-corrected chi connectivity index (χ1v) is 10.4. The molecule has 0 spiro atoms. The second-order valence-electron chi connectivity index (χ2n) is 5.89. The minimum Gasteiger partial charge on any atom is -0.192 e. The monoisotopic (exact) mass is 293 g/mol. The van der Waals surface area contributed by atoms with E-state index in [0.717, 1.165) is 11.5 Å². The van der Waals surface area contributed by atoms with Crippen LogP contribution in [0.5, 0.6) is 0 Å². The van der Waals surface area contributed by atoms with Crippen LogP contribution in [0.25, 0.3) is 0 Å². The Morgan fingerprint density at radius 2 is 1.86 bits per heavy atom. The van der Waals surface area contributed by atoms with Gasteiger partial charge >= 0.3 is 0 Å². The molecule has 1 saturated heterocycles. The number of nitrogens with zero attached hydrogens (tertiary/aromatic N) is 1. The van der Waals surface area contributed by atoms with Gasteiger partial charge < -0.3 is 0 Å². The van der Waals surface area contributed by atoms with Gasteiger partial charge in [0.1, 0.15) is 0 Å². The van der Waals surface area contributed by atoms with Crippen LogP contribution >= 0.6 is 0 Å². The van der Waals surface area contributed by atoms with E-state index in [1.54, 1.807) is 0 Å². The molecule has 0 N–H and O–H groups in total. The lowest BCUT2D eigenvalue weighted by atomic mass is 10.0. The lowest BCUT2D eigenvalue weighted by Gasteiger charge is -2.25. The molecule has 0 amide bonds. The van der Waals surface area contributed by atoms with Crippen LogP contribution in [-0.2, 0) is 0 Å². The third-order valence-electron chi connectivity index (χ3n) is 4.27. The number of allylic oxidation sites excluding steroid dienone is 2. The first kappa shape index (κ1) is 15.6. The van der Waals surface area contributed by atoms with E-state index in [9.17, 15) is 0 Å². The number of benzene rings is 1. The summed E-state index contributed by atoms with van der Waals surface area (Å²) >= 11 is 0. The molecule has 1 aromatic carbocycles. The Balaban J connectivity index is 1.81. The van der Waals surface area contributed by atoms with Crippen molar-refractivity contribution >= 4 is 8.80 Å². The molecular weight excluding hydrogens is 270 g/mol. The van der Waals surface area contributed by atoms with Crippen molar-refractivity contribution < 1.29 is 0 Å². The largest absolute Gasteiger partial charge is 0.192 e. The molecule has 0 atom stereocenters. The maximum atomic E-state index is 8.74. The molecule has 1 fully saturated rings. The van der Waals surface area contributed by atoms with Crippen molar-refractivity contribution in [1.82, 2.24) is 0 Å².